The molecule has 0 saturated carbocycles. The second-order valence-corrected chi connectivity index (χ2v) is 6.58. The van der Waals surface area contributed by atoms with E-state index in [0.29, 0.717) is 18.3 Å². The van der Waals surface area contributed by atoms with Crippen molar-refractivity contribution in [3.05, 3.63) is 41.7 Å². The molecule has 2 heterocycles. The molecule has 1 fully saturated rings. The molecule has 1 saturated heterocycles. The fourth-order valence-corrected chi connectivity index (χ4v) is 2.77. The van der Waals surface area contributed by atoms with E-state index in [0.717, 1.165) is 37.2 Å². The average molecular weight is 380 g/mol. The van der Waals surface area contributed by atoms with Gasteiger partial charge in [0.05, 0.1) is 24.9 Å². The first-order chi connectivity index (χ1) is 12.1. The number of nitrogens with one attached hydrogen (secondary N) is 2. The van der Waals surface area contributed by atoms with Crippen LogP contribution in [0, 0.1) is 0 Å². The lowest BCUT2D eigenvalue weighted by Gasteiger charge is -2.22. The maximum absolute atomic E-state index is 12.3. The molecule has 0 atom stereocenters. The standard InChI is InChI=1S/C18H25N5O2.ClH/c1-13(2)25-12-14-3-5-15(6-4-14)20-18(24)17-11-23(22-21-17)16-7-9-19-10-8-16;/h3-6,11,13,16,19H,7-10,12H2,1-2H3,(H,20,24);1H. The number of hydrogen-bond acceptors (Lipinski definition) is 5. The number of piperidine rings is 1. The Kier molecular flexibility index (Phi) is 7.56. The highest BCUT2D eigenvalue weighted by Gasteiger charge is 2.18. The van der Waals surface area contributed by atoms with Crippen molar-refractivity contribution in [2.24, 2.45) is 0 Å². The van der Waals surface area contributed by atoms with Gasteiger partial charge >= 0.3 is 0 Å². The third-order valence-electron chi connectivity index (χ3n) is 4.22. The van der Waals surface area contributed by atoms with Crippen molar-refractivity contribution in [1.29, 1.82) is 0 Å². The third kappa shape index (κ3) is 5.52. The number of nitrogens with zero attached hydrogens (tertiary/aromatic N) is 3. The van der Waals surface area contributed by atoms with Crippen LogP contribution in [0.1, 0.15) is 48.8 Å². The molecule has 1 aliphatic rings. The van der Waals surface area contributed by atoms with Crippen LogP contribution in [0.2, 0.25) is 0 Å². The van der Waals surface area contributed by atoms with E-state index in [1.165, 1.54) is 0 Å². The van der Waals surface area contributed by atoms with Crippen LogP contribution in [0.25, 0.3) is 0 Å². The minimum absolute atomic E-state index is 0. The van der Waals surface area contributed by atoms with Crippen LogP contribution in [0.4, 0.5) is 5.69 Å². The van der Waals surface area contributed by atoms with Crippen LogP contribution in [0.5, 0.6) is 0 Å². The largest absolute Gasteiger partial charge is 0.374 e. The van der Waals surface area contributed by atoms with Crippen LogP contribution in [0.15, 0.2) is 30.5 Å². The van der Waals surface area contributed by atoms with Crippen LogP contribution in [-0.2, 0) is 11.3 Å². The van der Waals surface area contributed by atoms with Gasteiger partial charge in [0, 0.05) is 5.69 Å². The lowest BCUT2D eigenvalue weighted by atomic mass is 10.1. The molecule has 1 aromatic carbocycles. The van der Waals surface area contributed by atoms with Gasteiger partial charge < -0.3 is 15.4 Å². The Morgan fingerprint density at radius 1 is 1.31 bits per heavy atom. The molecule has 142 valence electrons. The molecule has 1 amide bonds. The quantitative estimate of drug-likeness (QED) is 0.806. The molecule has 3 rings (SSSR count). The number of rotatable bonds is 6. The average Bonchev–Trinajstić information content (AvgIpc) is 3.12. The molecule has 0 radical (unpaired) electrons. The smallest absolute Gasteiger partial charge is 0.277 e. The second kappa shape index (κ2) is 9.66. The minimum atomic E-state index is -0.244. The molecule has 0 bridgehead atoms. The highest BCUT2D eigenvalue weighted by atomic mass is 35.5. The highest BCUT2D eigenvalue weighted by Crippen LogP contribution is 2.17. The lowest BCUT2D eigenvalue weighted by molar-refractivity contribution is 0.0657. The first-order valence-electron chi connectivity index (χ1n) is 8.76. The molecular formula is C18H26ClN5O2. The summed E-state index contributed by atoms with van der Waals surface area (Å²) in [5.74, 6) is -0.244. The number of carbonyl (C=O) groups excluding carboxylic acids is 1. The molecule has 8 heteroatoms. The van der Waals surface area contributed by atoms with Crippen LogP contribution < -0.4 is 10.6 Å². The van der Waals surface area contributed by atoms with E-state index < -0.39 is 0 Å². The molecule has 1 aliphatic heterocycles. The molecule has 7 nitrogen and oxygen atoms in total. The lowest BCUT2D eigenvalue weighted by Crippen LogP contribution is -2.29. The molecule has 0 unspecified atom stereocenters. The molecule has 2 aromatic rings. The number of benzene rings is 1. The van der Waals surface area contributed by atoms with E-state index in [1.54, 1.807) is 6.20 Å². The van der Waals surface area contributed by atoms with Gasteiger partial charge in [-0.2, -0.15) is 0 Å². The van der Waals surface area contributed by atoms with E-state index in [4.69, 9.17) is 4.74 Å². The van der Waals surface area contributed by atoms with Crippen LogP contribution in [-0.4, -0.2) is 40.1 Å². The van der Waals surface area contributed by atoms with Crippen molar-refractivity contribution in [1.82, 2.24) is 20.3 Å². The Hall–Kier alpha value is -1.96. The van der Waals surface area contributed by atoms with E-state index in [9.17, 15) is 4.79 Å². The molecule has 1 aromatic heterocycles. The summed E-state index contributed by atoms with van der Waals surface area (Å²) in [6.07, 6.45) is 3.94. The number of halogens is 1. The van der Waals surface area contributed by atoms with Gasteiger partial charge in [0.15, 0.2) is 5.69 Å². The topological polar surface area (TPSA) is 81.1 Å². The van der Waals surface area contributed by atoms with E-state index in [1.807, 2.05) is 42.8 Å². The Bertz CT molecular complexity index is 696. The van der Waals surface area contributed by atoms with Crippen molar-refractivity contribution in [3.63, 3.8) is 0 Å². The van der Waals surface area contributed by atoms with Gasteiger partial charge in [-0.1, -0.05) is 17.3 Å². The number of ether oxygens (including phenoxy) is 1. The first kappa shape index (κ1) is 20.4. The van der Waals surface area contributed by atoms with Gasteiger partial charge in [0.2, 0.25) is 0 Å². The summed E-state index contributed by atoms with van der Waals surface area (Å²) in [5, 5.41) is 14.3. The van der Waals surface area contributed by atoms with E-state index >= 15 is 0 Å². The highest BCUT2D eigenvalue weighted by molar-refractivity contribution is 6.02. The fourth-order valence-electron chi connectivity index (χ4n) is 2.77. The monoisotopic (exact) mass is 379 g/mol. The SMILES string of the molecule is CC(C)OCc1ccc(NC(=O)c2cn(C3CCNCC3)nn2)cc1.Cl. The summed E-state index contributed by atoms with van der Waals surface area (Å²) >= 11 is 0. The summed E-state index contributed by atoms with van der Waals surface area (Å²) in [6, 6.07) is 7.95. The predicted molar refractivity (Wildman–Crippen MR) is 103 cm³/mol. The molecule has 0 spiro atoms. The van der Waals surface area contributed by atoms with Crippen molar-refractivity contribution in [2.45, 2.75) is 45.4 Å². The van der Waals surface area contributed by atoms with E-state index in [2.05, 4.69) is 20.9 Å². The first-order valence-corrected chi connectivity index (χ1v) is 8.76. The van der Waals surface area contributed by atoms with Gasteiger partial charge in [-0.3, -0.25) is 4.79 Å². The van der Waals surface area contributed by atoms with Gasteiger partial charge in [-0.25, -0.2) is 4.68 Å². The third-order valence-corrected chi connectivity index (χ3v) is 4.22. The zero-order valence-corrected chi connectivity index (χ0v) is 16.0. The fraction of sp³-hybridized carbons (Fsp3) is 0.500. The molecule has 2 N–H and O–H groups in total. The number of anilines is 1. The number of hydrogen-bond donors (Lipinski definition) is 2. The maximum atomic E-state index is 12.3. The van der Waals surface area contributed by atoms with Crippen LogP contribution in [0.3, 0.4) is 0 Å². The Balaban J connectivity index is 0.00000243. The molecule has 0 aliphatic carbocycles. The van der Waals surface area contributed by atoms with Crippen molar-refractivity contribution in [3.8, 4) is 0 Å². The number of carbonyl (C=O) groups is 1. The normalized spacial score (nSPS) is 14.9. The minimum Gasteiger partial charge on any atom is -0.374 e. The zero-order valence-electron chi connectivity index (χ0n) is 15.1. The van der Waals surface area contributed by atoms with Crippen molar-refractivity contribution < 1.29 is 9.53 Å². The predicted octanol–water partition coefficient (Wildman–Crippen LogP) is 2.80. The Morgan fingerprint density at radius 2 is 2.00 bits per heavy atom. The van der Waals surface area contributed by atoms with Gasteiger partial charge in [-0.15, -0.1) is 17.5 Å². The summed E-state index contributed by atoms with van der Waals surface area (Å²) in [7, 11) is 0. The summed E-state index contributed by atoms with van der Waals surface area (Å²) in [5.41, 5.74) is 2.14. The summed E-state index contributed by atoms with van der Waals surface area (Å²) in [4.78, 5) is 12.3. The molecule has 26 heavy (non-hydrogen) atoms. The summed E-state index contributed by atoms with van der Waals surface area (Å²) in [6.45, 7) is 6.52. The zero-order chi connectivity index (χ0) is 17.6. The Morgan fingerprint density at radius 3 is 2.65 bits per heavy atom. The second-order valence-electron chi connectivity index (χ2n) is 6.58. The van der Waals surface area contributed by atoms with Crippen molar-refractivity contribution >= 4 is 24.0 Å². The van der Waals surface area contributed by atoms with Crippen LogP contribution >= 0.6 is 12.4 Å². The summed E-state index contributed by atoms with van der Waals surface area (Å²) < 4.78 is 7.37. The molecular weight excluding hydrogens is 354 g/mol. The number of amides is 1. The number of aromatic nitrogens is 3. The Labute approximate surface area is 159 Å². The van der Waals surface area contributed by atoms with Gasteiger partial charge in [0.25, 0.3) is 5.91 Å². The van der Waals surface area contributed by atoms with Gasteiger partial charge in [0.1, 0.15) is 0 Å². The van der Waals surface area contributed by atoms with Crippen molar-refractivity contribution in [2.75, 3.05) is 18.4 Å². The maximum Gasteiger partial charge on any atom is 0.277 e. The van der Waals surface area contributed by atoms with Gasteiger partial charge in [-0.05, 0) is 57.5 Å². The van der Waals surface area contributed by atoms with E-state index in [-0.39, 0.29) is 24.4 Å².